The summed E-state index contributed by atoms with van der Waals surface area (Å²) in [6.45, 7) is 4.98. The number of halogens is 1. The van der Waals surface area contributed by atoms with Gasteiger partial charge in [-0.3, -0.25) is 0 Å². The van der Waals surface area contributed by atoms with Gasteiger partial charge in [0.1, 0.15) is 0 Å². The van der Waals surface area contributed by atoms with Gasteiger partial charge < -0.3 is 0 Å². The second kappa shape index (κ2) is 4.91. The molecule has 2 fully saturated rings. The molecule has 19 heavy (non-hydrogen) atoms. The van der Waals surface area contributed by atoms with E-state index in [1.54, 1.807) is 11.1 Å². The molecule has 1 aromatic rings. The summed E-state index contributed by atoms with van der Waals surface area (Å²) in [7, 11) is 0. The van der Waals surface area contributed by atoms with Crippen LogP contribution >= 0.6 is 15.9 Å². The van der Waals surface area contributed by atoms with E-state index in [1.165, 1.54) is 55.8 Å². The number of benzene rings is 1. The highest BCUT2D eigenvalue weighted by atomic mass is 79.9. The molecule has 104 valence electrons. The van der Waals surface area contributed by atoms with Crippen LogP contribution < -0.4 is 0 Å². The lowest BCUT2D eigenvalue weighted by molar-refractivity contribution is 0.439. The highest BCUT2D eigenvalue weighted by Crippen LogP contribution is 2.50. The van der Waals surface area contributed by atoms with Gasteiger partial charge in [-0.2, -0.15) is 0 Å². The average Bonchev–Trinajstić information content (AvgIpc) is 2.99. The monoisotopic (exact) mass is 320 g/mol. The standard InChI is InChI=1S/C18H25Br/c1-17(10-3-4-11-17)14-8-7-9-15(19)16(14)18(2)12-5-6-13-18/h7-9H,3-6,10-13H2,1-2H3. The van der Waals surface area contributed by atoms with Crippen molar-refractivity contribution in [2.75, 3.05) is 0 Å². The van der Waals surface area contributed by atoms with Gasteiger partial charge in [-0.05, 0) is 53.7 Å². The largest absolute Gasteiger partial charge is 0.0608 e. The van der Waals surface area contributed by atoms with E-state index in [2.05, 4.69) is 48.0 Å². The SMILES string of the molecule is CC1(c2cccc(Br)c2C2(C)CCCC2)CCCC1. The lowest BCUT2D eigenvalue weighted by Crippen LogP contribution is -2.27. The zero-order valence-corrected chi connectivity index (χ0v) is 13.9. The molecule has 1 aromatic carbocycles. The van der Waals surface area contributed by atoms with Gasteiger partial charge in [-0.1, -0.05) is 67.6 Å². The molecule has 2 aliphatic carbocycles. The van der Waals surface area contributed by atoms with Crippen LogP contribution in [0.5, 0.6) is 0 Å². The van der Waals surface area contributed by atoms with Crippen LogP contribution in [0.1, 0.15) is 76.3 Å². The Labute approximate surface area is 126 Å². The van der Waals surface area contributed by atoms with E-state index in [-0.39, 0.29) is 0 Å². The first kappa shape index (κ1) is 13.7. The zero-order chi connectivity index (χ0) is 13.5. The third kappa shape index (κ3) is 2.28. The van der Waals surface area contributed by atoms with E-state index in [9.17, 15) is 0 Å². The Bertz CT molecular complexity index is 463. The molecule has 0 amide bonds. The van der Waals surface area contributed by atoms with Gasteiger partial charge in [0.15, 0.2) is 0 Å². The molecular formula is C18H25Br. The van der Waals surface area contributed by atoms with Gasteiger partial charge in [0.05, 0.1) is 0 Å². The van der Waals surface area contributed by atoms with Crippen LogP contribution in [0.3, 0.4) is 0 Å². The molecule has 0 N–H and O–H groups in total. The van der Waals surface area contributed by atoms with Crippen molar-refractivity contribution < 1.29 is 0 Å². The van der Waals surface area contributed by atoms with Gasteiger partial charge in [-0.15, -0.1) is 0 Å². The summed E-state index contributed by atoms with van der Waals surface area (Å²) in [5.74, 6) is 0. The van der Waals surface area contributed by atoms with Crippen LogP contribution in [-0.4, -0.2) is 0 Å². The Balaban J connectivity index is 2.12. The maximum Gasteiger partial charge on any atom is 0.0215 e. The van der Waals surface area contributed by atoms with Gasteiger partial charge in [0, 0.05) is 4.47 Å². The summed E-state index contributed by atoms with van der Waals surface area (Å²) < 4.78 is 1.35. The molecule has 0 saturated heterocycles. The second-order valence-electron chi connectivity index (χ2n) is 7.20. The zero-order valence-electron chi connectivity index (χ0n) is 12.3. The minimum atomic E-state index is 0.404. The highest BCUT2D eigenvalue weighted by molar-refractivity contribution is 9.10. The van der Waals surface area contributed by atoms with Crippen molar-refractivity contribution in [3.8, 4) is 0 Å². The van der Waals surface area contributed by atoms with E-state index in [0.717, 1.165) is 0 Å². The molecular weight excluding hydrogens is 296 g/mol. The number of hydrogen-bond donors (Lipinski definition) is 0. The normalized spacial score (nSPS) is 24.8. The number of hydrogen-bond acceptors (Lipinski definition) is 0. The quantitative estimate of drug-likeness (QED) is 0.616. The first-order valence-corrected chi connectivity index (χ1v) is 8.64. The fourth-order valence-electron chi connectivity index (χ4n) is 4.47. The van der Waals surface area contributed by atoms with E-state index >= 15 is 0 Å². The summed E-state index contributed by atoms with van der Waals surface area (Å²) in [6.07, 6.45) is 11.1. The van der Waals surface area contributed by atoms with Crippen molar-refractivity contribution in [1.82, 2.24) is 0 Å². The van der Waals surface area contributed by atoms with Crippen molar-refractivity contribution in [3.05, 3.63) is 33.8 Å². The third-order valence-corrected chi connectivity index (χ3v) is 6.34. The Hall–Kier alpha value is -0.300. The maximum atomic E-state index is 3.86. The molecule has 0 aromatic heterocycles. The second-order valence-corrected chi connectivity index (χ2v) is 8.05. The number of rotatable bonds is 2. The molecule has 0 atom stereocenters. The molecule has 0 bridgehead atoms. The van der Waals surface area contributed by atoms with E-state index in [1.807, 2.05) is 0 Å². The maximum absolute atomic E-state index is 3.86. The van der Waals surface area contributed by atoms with E-state index < -0.39 is 0 Å². The molecule has 2 aliphatic rings. The van der Waals surface area contributed by atoms with Crippen LogP contribution in [0.15, 0.2) is 22.7 Å². The summed E-state index contributed by atoms with van der Waals surface area (Å²) in [6, 6.07) is 6.90. The molecule has 0 aliphatic heterocycles. The summed E-state index contributed by atoms with van der Waals surface area (Å²) in [5.41, 5.74) is 4.10. The first-order chi connectivity index (χ1) is 9.05. The predicted octanol–water partition coefficient (Wildman–Crippen LogP) is 6.11. The fraction of sp³-hybridized carbons (Fsp3) is 0.667. The highest BCUT2D eigenvalue weighted by Gasteiger charge is 2.39. The molecule has 0 nitrogen and oxygen atoms in total. The molecule has 3 rings (SSSR count). The summed E-state index contributed by atoms with van der Waals surface area (Å²) in [4.78, 5) is 0. The van der Waals surface area contributed by atoms with Crippen molar-refractivity contribution in [3.63, 3.8) is 0 Å². The minimum absolute atomic E-state index is 0.404. The first-order valence-electron chi connectivity index (χ1n) is 7.85. The van der Waals surface area contributed by atoms with E-state index in [4.69, 9.17) is 0 Å². The van der Waals surface area contributed by atoms with Gasteiger partial charge >= 0.3 is 0 Å². The van der Waals surface area contributed by atoms with Gasteiger partial charge in [0.2, 0.25) is 0 Å². The summed E-state index contributed by atoms with van der Waals surface area (Å²) >= 11 is 3.86. The molecule has 2 saturated carbocycles. The van der Waals surface area contributed by atoms with Crippen molar-refractivity contribution in [2.24, 2.45) is 0 Å². The van der Waals surface area contributed by atoms with Crippen molar-refractivity contribution in [1.29, 1.82) is 0 Å². The lowest BCUT2D eigenvalue weighted by Gasteiger charge is -2.35. The fourth-order valence-corrected chi connectivity index (χ4v) is 5.32. The molecule has 0 spiro atoms. The Morgan fingerprint density at radius 2 is 1.37 bits per heavy atom. The smallest absolute Gasteiger partial charge is 0.0215 e. The van der Waals surface area contributed by atoms with E-state index in [0.29, 0.717) is 10.8 Å². The predicted molar refractivity (Wildman–Crippen MR) is 85.8 cm³/mol. The Morgan fingerprint density at radius 3 is 1.95 bits per heavy atom. The Morgan fingerprint density at radius 1 is 0.842 bits per heavy atom. The van der Waals surface area contributed by atoms with Crippen LogP contribution in [0.2, 0.25) is 0 Å². The minimum Gasteiger partial charge on any atom is -0.0608 e. The summed E-state index contributed by atoms with van der Waals surface area (Å²) in [5, 5.41) is 0. The van der Waals surface area contributed by atoms with Crippen molar-refractivity contribution in [2.45, 2.75) is 76.0 Å². The third-order valence-electron chi connectivity index (χ3n) is 5.68. The van der Waals surface area contributed by atoms with Crippen LogP contribution in [-0.2, 0) is 10.8 Å². The van der Waals surface area contributed by atoms with Gasteiger partial charge in [-0.25, -0.2) is 0 Å². The lowest BCUT2D eigenvalue weighted by atomic mass is 9.70. The molecule has 0 heterocycles. The van der Waals surface area contributed by atoms with Crippen LogP contribution in [0.4, 0.5) is 0 Å². The van der Waals surface area contributed by atoms with Crippen LogP contribution in [0.25, 0.3) is 0 Å². The van der Waals surface area contributed by atoms with Crippen LogP contribution in [0, 0.1) is 0 Å². The molecule has 0 unspecified atom stereocenters. The Kier molecular flexibility index (Phi) is 3.53. The van der Waals surface area contributed by atoms with Gasteiger partial charge in [0.25, 0.3) is 0 Å². The van der Waals surface area contributed by atoms with Crippen molar-refractivity contribution >= 4 is 15.9 Å². The molecule has 1 heteroatoms. The molecule has 0 radical (unpaired) electrons. The topological polar surface area (TPSA) is 0 Å². The average molecular weight is 321 g/mol.